The standard InChI is InChI=1S/C28H34O17/c1-9-3-11(29)5-13(31)17(9)25(39)41-7-15-19(33)21(35)23(37)27(43-15)45-28-24(38)22(36)20(34)16(44-28)8-42-26(40)18-10(2)4-12(30)6-14(18)32/h3-6,15-16,19-24,27-38H,7-8H2,1-2H3/t15-,16-,19-,20-,21+,22+,23-,24-,27-,28-/m1/s1. The van der Waals surface area contributed by atoms with Crippen LogP contribution >= 0.6 is 0 Å². The van der Waals surface area contributed by atoms with Crippen LogP contribution in [0.15, 0.2) is 24.3 Å². The molecule has 0 unspecified atom stereocenters. The molecule has 248 valence electrons. The molecule has 0 saturated carbocycles. The number of carbonyl (C=O) groups is 2. The highest BCUT2D eigenvalue weighted by Gasteiger charge is 2.50. The number of carbonyl (C=O) groups excluding carboxylic acids is 2. The van der Waals surface area contributed by atoms with E-state index in [2.05, 4.69) is 0 Å². The lowest BCUT2D eigenvalue weighted by Gasteiger charge is -2.44. The number of aromatic hydroxyl groups is 4. The zero-order chi connectivity index (χ0) is 33.3. The van der Waals surface area contributed by atoms with Gasteiger partial charge in [0, 0.05) is 12.1 Å². The van der Waals surface area contributed by atoms with Crippen molar-refractivity contribution >= 4 is 11.9 Å². The fraction of sp³-hybridized carbons (Fsp3) is 0.500. The highest BCUT2D eigenvalue weighted by atomic mass is 16.8. The van der Waals surface area contributed by atoms with Gasteiger partial charge >= 0.3 is 11.9 Å². The second-order valence-electron chi connectivity index (χ2n) is 10.7. The van der Waals surface area contributed by atoms with E-state index in [1.807, 2.05) is 0 Å². The van der Waals surface area contributed by atoms with Gasteiger partial charge in [-0.2, -0.15) is 0 Å². The van der Waals surface area contributed by atoms with E-state index in [0.29, 0.717) is 0 Å². The number of ether oxygens (including phenoxy) is 5. The van der Waals surface area contributed by atoms with Crippen molar-refractivity contribution < 1.29 is 84.3 Å². The number of phenolic OH excluding ortho intramolecular Hbond substituents is 4. The monoisotopic (exact) mass is 642 g/mol. The van der Waals surface area contributed by atoms with Crippen molar-refractivity contribution in [2.45, 2.75) is 75.3 Å². The number of benzene rings is 2. The van der Waals surface area contributed by atoms with E-state index >= 15 is 0 Å². The summed E-state index contributed by atoms with van der Waals surface area (Å²) < 4.78 is 26.5. The molecule has 45 heavy (non-hydrogen) atoms. The van der Waals surface area contributed by atoms with Gasteiger partial charge in [-0.1, -0.05) is 0 Å². The maximum absolute atomic E-state index is 12.6. The Morgan fingerprint density at radius 1 is 0.600 bits per heavy atom. The molecule has 0 amide bonds. The predicted molar refractivity (Wildman–Crippen MR) is 144 cm³/mol. The van der Waals surface area contributed by atoms with Crippen LogP contribution in [0.5, 0.6) is 23.0 Å². The van der Waals surface area contributed by atoms with E-state index in [1.54, 1.807) is 0 Å². The lowest BCUT2D eigenvalue weighted by molar-refractivity contribution is -0.376. The Kier molecular flexibility index (Phi) is 10.4. The normalized spacial score (nSPS) is 31.7. The van der Waals surface area contributed by atoms with Gasteiger partial charge in [-0.3, -0.25) is 0 Å². The van der Waals surface area contributed by atoms with Gasteiger partial charge in [-0.15, -0.1) is 0 Å². The van der Waals surface area contributed by atoms with Crippen LogP contribution in [0.2, 0.25) is 0 Å². The van der Waals surface area contributed by atoms with E-state index < -0.39 is 98.1 Å². The van der Waals surface area contributed by atoms with Crippen molar-refractivity contribution in [3.05, 3.63) is 46.5 Å². The number of rotatable bonds is 8. The molecule has 4 rings (SSSR count). The summed E-state index contributed by atoms with van der Waals surface area (Å²) in [5.74, 6) is -3.92. The summed E-state index contributed by atoms with van der Waals surface area (Å²) in [4.78, 5) is 25.2. The highest BCUT2D eigenvalue weighted by Crippen LogP contribution is 2.31. The average Bonchev–Trinajstić information content (AvgIpc) is 2.95. The Balaban J connectivity index is 1.42. The number of aryl methyl sites for hydroxylation is 2. The molecule has 0 aliphatic carbocycles. The molecule has 0 radical (unpaired) electrons. The van der Waals surface area contributed by atoms with E-state index in [4.69, 9.17) is 23.7 Å². The first-order valence-electron chi connectivity index (χ1n) is 13.5. The number of aliphatic hydroxyl groups is 6. The minimum Gasteiger partial charge on any atom is -0.508 e. The summed E-state index contributed by atoms with van der Waals surface area (Å²) in [5.41, 5.74) is -0.252. The smallest absolute Gasteiger partial charge is 0.342 e. The molecule has 2 saturated heterocycles. The molecular formula is C28H34O17. The lowest BCUT2D eigenvalue weighted by Crippen LogP contribution is -2.64. The molecule has 2 aromatic carbocycles. The third-order valence-electron chi connectivity index (χ3n) is 7.37. The van der Waals surface area contributed by atoms with E-state index in [9.17, 15) is 60.7 Å². The van der Waals surface area contributed by atoms with Crippen LogP contribution in [0.25, 0.3) is 0 Å². The first-order valence-corrected chi connectivity index (χ1v) is 13.5. The van der Waals surface area contributed by atoms with Gasteiger partial charge in [0.15, 0.2) is 12.6 Å². The van der Waals surface area contributed by atoms with Crippen LogP contribution in [0.3, 0.4) is 0 Å². The maximum atomic E-state index is 12.6. The first-order chi connectivity index (χ1) is 21.1. The number of hydrogen-bond acceptors (Lipinski definition) is 17. The molecule has 2 aromatic rings. The van der Waals surface area contributed by atoms with Gasteiger partial charge in [0.05, 0.1) is 0 Å². The van der Waals surface area contributed by atoms with E-state index in [1.165, 1.54) is 26.0 Å². The number of aliphatic hydroxyl groups excluding tert-OH is 6. The van der Waals surface area contributed by atoms with Crippen molar-refractivity contribution in [2.24, 2.45) is 0 Å². The Bertz CT molecular complexity index is 1250. The summed E-state index contributed by atoms with van der Waals surface area (Å²) in [7, 11) is 0. The molecule has 10 N–H and O–H groups in total. The van der Waals surface area contributed by atoms with Gasteiger partial charge in [-0.05, 0) is 37.1 Å². The summed E-state index contributed by atoms with van der Waals surface area (Å²) in [6, 6.07) is 4.21. The second-order valence-corrected chi connectivity index (χ2v) is 10.7. The molecular weight excluding hydrogens is 608 g/mol. The first kappa shape index (κ1) is 34.1. The molecule has 0 spiro atoms. The van der Waals surface area contributed by atoms with Crippen LogP contribution in [0, 0.1) is 13.8 Å². The Labute approximate surface area is 254 Å². The van der Waals surface area contributed by atoms with Crippen molar-refractivity contribution in [3.8, 4) is 23.0 Å². The second kappa shape index (κ2) is 13.7. The molecule has 2 fully saturated rings. The van der Waals surface area contributed by atoms with Gasteiger partial charge in [0.2, 0.25) is 0 Å². The zero-order valence-corrected chi connectivity index (χ0v) is 23.8. The van der Waals surface area contributed by atoms with E-state index in [0.717, 1.165) is 12.1 Å². The molecule has 0 bridgehead atoms. The number of esters is 2. The predicted octanol–water partition coefficient (Wildman–Crippen LogP) is -2.23. The highest BCUT2D eigenvalue weighted by molar-refractivity contribution is 5.95. The van der Waals surface area contributed by atoms with Crippen LogP contribution in [0.4, 0.5) is 0 Å². The van der Waals surface area contributed by atoms with Crippen molar-refractivity contribution in [1.29, 1.82) is 0 Å². The molecule has 2 aliphatic rings. The molecule has 17 nitrogen and oxygen atoms in total. The topological polar surface area (TPSA) is 283 Å². The van der Waals surface area contributed by atoms with Crippen molar-refractivity contribution in [3.63, 3.8) is 0 Å². The zero-order valence-electron chi connectivity index (χ0n) is 23.8. The largest absolute Gasteiger partial charge is 0.508 e. The molecule has 0 aromatic heterocycles. The average molecular weight is 643 g/mol. The Morgan fingerprint density at radius 2 is 0.956 bits per heavy atom. The molecule has 2 heterocycles. The fourth-order valence-corrected chi connectivity index (χ4v) is 4.96. The third kappa shape index (κ3) is 7.22. The van der Waals surface area contributed by atoms with Crippen molar-refractivity contribution in [2.75, 3.05) is 13.2 Å². The van der Waals surface area contributed by atoms with Crippen LogP contribution in [-0.4, -0.2) is 138 Å². The molecule has 10 atom stereocenters. The van der Waals surface area contributed by atoms with Gasteiger partial charge in [0.1, 0.15) is 96.2 Å². The Morgan fingerprint density at radius 3 is 1.29 bits per heavy atom. The minimum absolute atomic E-state index is 0.165. The van der Waals surface area contributed by atoms with Crippen LogP contribution in [-0.2, 0) is 23.7 Å². The maximum Gasteiger partial charge on any atom is 0.342 e. The lowest BCUT2D eigenvalue weighted by atomic mass is 9.98. The third-order valence-corrected chi connectivity index (χ3v) is 7.37. The SMILES string of the molecule is Cc1cc(O)cc(O)c1C(=O)OC[C@H]1O[C@H](O[C@H]2O[C@H](COC(=O)c3c(C)cc(O)cc3O)[C@@H](O)[C@H](O)[C@H]2O)[C@H](O)[C@@H](O)[C@@H]1O. The van der Waals surface area contributed by atoms with E-state index in [-0.39, 0.29) is 33.8 Å². The van der Waals surface area contributed by atoms with Crippen LogP contribution in [0.1, 0.15) is 31.8 Å². The minimum atomic E-state index is -1.97. The van der Waals surface area contributed by atoms with Crippen LogP contribution < -0.4 is 0 Å². The van der Waals surface area contributed by atoms with Gasteiger partial charge in [0.25, 0.3) is 0 Å². The summed E-state index contributed by atoms with van der Waals surface area (Å²) in [5, 5.41) is 102. The van der Waals surface area contributed by atoms with Crippen molar-refractivity contribution in [1.82, 2.24) is 0 Å². The quantitative estimate of drug-likeness (QED) is 0.136. The Hall–Kier alpha value is -3.78. The number of hydrogen-bond donors (Lipinski definition) is 10. The molecule has 17 heteroatoms. The summed E-state index contributed by atoms with van der Waals surface area (Å²) >= 11 is 0. The van der Waals surface area contributed by atoms with Gasteiger partial charge in [-0.25, -0.2) is 9.59 Å². The fourth-order valence-electron chi connectivity index (χ4n) is 4.96. The number of phenols is 4. The summed E-state index contributed by atoms with van der Waals surface area (Å²) in [6.45, 7) is 1.36. The van der Waals surface area contributed by atoms with Gasteiger partial charge < -0.3 is 74.7 Å². The molecule has 2 aliphatic heterocycles. The summed E-state index contributed by atoms with van der Waals surface area (Å²) in [6.07, 6.45) is -18.3.